The molecule has 1 aromatic rings. The molecule has 4 rings (SSSR count). The van der Waals surface area contributed by atoms with Gasteiger partial charge in [0, 0.05) is 37.1 Å². The summed E-state index contributed by atoms with van der Waals surface area (Å²) >= 11 is 3.52. The van der Waals surface area contributed by atoms with E-state index in [2.05, 4.69) is 33.3 Å². The first-order valence-electron chi connectivity index (χ1n) is 9.09. The lowest BCUT2D eigenvalue weighted by Crippen LogP contribution is -2.54. The lowest BCUT2D eigenvalue weighted by molar-refractivity contribution is -0.132. The first kappa shape index (κ1) is 17.0. The third-order valence-corrected chi connectivity index (χ3v) is 6.23. The van der Waals surface area contributed by atoms with Crippen molar-refractivity contribution < 1.29 is 4.79 Å². The molecule has 3 aliphatic rings. The van der Waals surface area contributed by atoms with Crippen LogP contribution in [0, 0.1) is 11.3 Å². The summed E-state index contributed by atoms with van der Waals surface area (Å²) in [6, 6.07) is 8.46. The van der Waals surface area contributed by atoms with E-state index < -0.39 is 0 Å². The number of hydrogen-bond acceptors (Lipinski definition) is 3. The van der Waals surface area contributed by atoms with Crippen LogP contribution in [0.5, 0.6) is 0 Å². The molecule has 2 aliphatic heterocycles. The number of piperidine rings is 1. The number of halogens is 1. The van der Waals surface area contributed by atoms with Gasteiger partial charge in [0.05, 0.1) is 11.1 Å². The van der Waals surface area contributed by atoms with E-state index in [0.29, 0.717) is 6.04 Å². The molecule has 6 heteroatoms. The van der Waals surface area contributed by atoms with Crippen LogP contribution in [0.1, 0.15) is 33.1 Å². The van der Waals surface area contributed by atoms with Crippen molar-refractivity contribution in [2.75, 3.05) is 19.6 Å². The second kappa shape index (κ2) is 6.40. The minimum absolute atomic E-state index is 0.152. The summed E-state index contributed by atoms with van der Waals surface area (Å²) in [6.45, 7) is 6.57. The van der Waals surface area contributed by atoms with Crippen LogP contribution in [0.4, 0.5) is 5.69 Å². The molecule has 2 unspecified atom stereocenters. The third-order valence-electron chi connectivity index (χ3n) is 5.74. The van der Waals surface area contributed by atoms with E-state index in [1.807, 2.05) is 29.2 Å². The van der Waals surface area contributed by atoms with Crippen molar-refractivity contribution in [2.45, 2.75) is 39.2 Å². The Balaban J connectivity index is 1.67. The highest BCUT2D eigenvalue weighted by Crippen LogP contribution is 2.41. The molecule has 0 spiro atoms. The number of carbonyl (C=O) groups is 1. The molecule has 1 aliphatic carbocycles. The van der Waals surface area contributed by atoms with Gasteiger partial charge in [0.25, 0.3) is 0 Å². The fourth-order valence-electron chi connectivity index (χ4n) is 4.10. The maximum absolute atomic E-state index is 12.0. The molecule has 0 bridgehead atoms. The van der Waals surface area contributed by atoms with Crippen LogP contribution >= 0.6 is 15.9 Å². The van der Waals surface area contributed by atoms with Crippen molar-refractivity contribution >= 4 is 33.4 Å². The molecule has 1 N–H and O–H groups in total. The van der Waals surface area contributed by atoms with Gasteiger partial charge in [0.2, 0.25) is 5.91 Å². The minimum Gasteiger partial charge on any atom is -0.342 e. The van der Waals surface area contributed by atoms with Crippen molar-refractivity contribution in [1.82, 2.24) is 15.3 Å². The van der Waals surface area contributed by atoms with Gasteiger partial charge in [-0.3, -0.25) is 4.79 Å². The monoisotopic (exact) mass is 404 g/mol. The molecule has 134 valence electrons. The van der Waals surface area contributed by atoms with Crippen molar-refractivity contribution in [3.05, 3.63) is 28.7 Å². The summed E-state index contributed by atoms with van der Waals surface area (Å²) in [4.78, 5) is 18.9. The van der Waals surface area contributed by atoms with E-state index in [-0.39, 0.29) is 11.3 Å². The zero-order valence-electron chi connectivity index (χ0n) is 14.8. The average Bonchev–Trinajstić information content (AvgIpc) is 3.33. The third kappa shape index (κ3) is 3.34. The Morgan fingerprint density at radius 1 is 1.40 bits per heavy atom. The van der Waals surface area contributed by atoms with Crippen molar-refractivity contribution in [2.24, 2.45) is 16.3 Å². The highest BCUT2D eigenvalue weighted by atomic mass is 79.9. The number of amides is 1. The quantitative estimate of drug-likeness (QED) is 0.839. The van der Waals surface area contributed by atoms with Crippen molar-refractivity contribution in [1.29, 1.82) is 0 Å². The number of rotatable bonds is 3. The molecule has 3 fully saturated rings. The molecule has 1 saturated carbocycles. The van der Waals surface area contributed by atoms with Crippen LogP contribution in [-0.4, -0.2) is 47.3 Å². The van der Waals surface area contributed by atoms with Crippen molar-refractivity contribution in [3.63, 3.8) is 0 Å². The smallest absolute Gasteiger partial charge is 0.219 e. The van der Waals surface area contributed by atoms with Gasteiger partial charge in [-0.25, -0.2) is 10.0 Å². The number of fused-ring (bicyclic) bond motifs is 1. The molecule has 2 atom stereocenters. The topological polar surface area (TPSA) is 47.9 Å². The predicted octanol–water partition coefficient (Wildman–Crippen LogP) is 3.34. The highest BCUT2D eigenvalue weighted by Gasteiger charge is 2.53. The molecule has 2 saturated heterocycles. The minimum atomic E-state index is -0.152. The summed E-state index contributed by atoms with van der Waals surface area (Å²) in [6.07, 6.45) is 3.66. The summed E-state index contributed by atoms with van der Waals surface area (Å²) in [5.41, 5.74) is 4.39. The first-order valence-corrected chi connectivity index (χ1v) is 9.88. The van der Waals surface area contributed by atoms with Crippen LogP contribution < -0.4 is 5.43 Å². The molecular weight excluding hydrogens is 380 g/mol. The number of amidine groups is 1. The van der Waals surface area contributed by atoms with E-state index in [9.17, 15) is 4.79 Å². The van der Waals surface area contributed by atoms with Gasteiger partial charge in [-0.2, -0.15) is 0 Å². The van der Waals surface area contributed by atoms with Gasteiger partial charge in [-0.1, -0.05) is 22.0 Å². The molecule has 5 nitrogen and oxygen atoms in total. The number of carbonyl (C=O) groups excluding carboxylic acids is 1. The van der Waals surface area contributed by atoms with Gasteiger partial charge in [-0.15, -0.1) is 0 Å². The van der Waals surface area contributed by atoms with Gasteiger partial charge in [-0.05, 0) is 50.3 Å². The fourth-order valence-corrected chi connectivity index (χ4v) is 4.49. The summed E-state index contributed by atoms with van der Waals surface area (Å²) in [7, 11) is 0. The average molecular weight is 405 g/mol. The van der Waals surface area contributed by atoms with Crippen LogP contribution in [0.15, 0.2) is 33.7 Å². The number of hydrogen-bond donors (Lipinski definition) is 1. The molecular formula is C19H25BrN4O. The first-order chi connectivity index (χ1) is 12.0. The zero-order valence-corrected chi connectivity index (χ0v) is 16.4. The Labute approximate surface area is 157 Å². The lowest BCUT2D eigenvalue weighted by Gasteiger charge is -2.42. The zero-order chi connectivity index (χ0) is 17.6. The summed E-state index contributed by atoms with van der Waals surface area (Å²) in [5, 5.41) is 2.39. The van der Waals surface area contributed by atoms with Gasteiger partial charge in [0.1, 0.15) is 5.84 Å². The number of benzene rings is 1. The van der Waals surface area contributed by atoms with E-state index in [4.69, 9.17) is 4.99 Å². The molecule has 1 aromatic carbocycles. The molecule has 0 aromatic heterocycles. The number of nitrogens with one attached hydrogen (secondary N) is 1. The maximum atomic E-state index is 12.0. The standard InChI is InChI=1S/C19H25BrN4O/c1-13(25)23-9-8-17-19(2,12-23)18(22-24(17)11-14-6-7-14)21-16-5-3-4-15(20)10-16/h3-5,10,14,17H,6-9,11-12H2,1-2H3,(H,21,22). The van der Waals surface area contributed by atoms with Gasteiger partial charge < -0.3 is 10.3 Å². The molecule has 0 radical (unpaired) electrons. The van der Waals surface area contributed by atoms with E-state index >= 15 is 0 Å². The number of nitrogens with zero attached hydrogens (tertiary/aromatic N) is 3. The van der Waals surface area contributed by atoms with Crippen LogP contribution in [0.25, 0.3) is 0 Å². The lowest BCUT2D eigenvalue weighted by atomic mass is 9.77. The van der Waals surface area contributed by atoms with Gasteiger partial charge >= 0.3 is 0 Å². The Morgan fingerprint density at radius 2 is 2.20 bits per heavy atom. The maximum Gasteiger partial charge on any atom is 0.219 e. The van der Waals surface area contributed by atoms with Crippen LogP contribution in [-0.2, 0) is 4.79 Å². The summed E-state index contributed by atoms with van der Waals surface area (Å²) in [5.74, 6) is 1.96. The van der Waals surface area contributed by atoms with E-state index in [0.717, 1.165) is 48.0 Å². The van der Waals surface area contributed by atoms with E-state index in [1.165, 1.54) is 12.8 Å². The Morgan fingerprint density at radius 3 is 2.88 bits per heavy atom. The number of aliphatic imine (C=N–C) groups is 1. The number of hydrazine groups is 1. The Kier molecular flexibility index (Phi) is 4.36. The molecule has 1 amide bonds. The molecule has 25 heavy (non-hydrogen) atoms. The highest BCUT2D eigenvalue weighted by molar-refractivity contribution is 9.10. The predicted molar refractivity (Wildman–Crippen MR) is 103 cm³/mol. The number of likely N-dealkylation sites (tertiary alicyclic amines) is 1. The van der Waals surface area contributed by atoms with Crippen LogP contribution in [0.2, 0.25) is 0 Å². The summed E-state index contributed by atoms with van der Waals surface area (Å²) < 4.78 is 1.03. The fraction of sp³-hybridized carbons (Fsp3) is 0.579. The van der Waals surface area contributed by atoms with Crippen molar-refractivity contribution in [3.8, 4) is 0 Å². The SMILES string of the molecule is CC(=O)N1CCC2N(CC3CC3)NC(=Nc3cccc(Br)c3)C2(C)C1. The Bertz CT molecular complexity index is 717. The Hall–Kier alpha value is -1.40. The van der Waals surface area contributed by atoms with Crippen LogP contribution in [0.3, 0.4) is 0 Å². The largest absolute Gasteiger partial charge is 0.342 e. The second-order valence-electron chi connectivity index (χ2n) is 7.81. The second-order valence-corrected chi connectivity index (χ2v) is 8.73. The van der Waals surface area contributed by atoms with E-state index in [1.54, 1.807) is 6.92 Å². The normalized spacial score (nSPS) is 31.1. The molecule has 2 heterocycles. The van der Waals surface area contributed by atoms with Gasteiger partial charge in [0.15, 0.2) is 0 Å².